The van der Waals surface area contributed by atoms with Crippen LogP contribution in [0.25, 0.3) is 22.0 Å². The largest absolute Gasteiger partial charge is 0.350 e. The molecular formula is C31H23N. The van der Waals surface area contributed by atoms with Gasteiger partial charge in [0.2, 0.25) is 0 Å². The van der Waals surface area contributed by atoms with Gasteiger partial charge in [-0.2, -0.15) is 0 Å². The maximum atomic E-state index is 3.80. The molecule has 1 heterocycles. The van der Waals surface area contributed by atoms with Crippen LogP contribution in [0.3, 0.4) is 0 Å². The molecule has 1 aliphatic carbocycles. The second kappa shape index (κ2) is 7.01. The quantitative estimate of drug-likeness (QED) is 0.267. The number of hydrogen-bond donors (Lipinski definition) is 0. The van der Waals surface area contributed by atoms with Gasteiger partial charge >= 0.3 is 0 Å². The Hall–Kier alpha value is -4.02. The van der Waals surface area contributed by atoms with E-state index in [-0.39, 0.29) is 0 Å². The molecule has 32 heavy (non-hydrogen) atoms. The van der Waals surface area contributed by atoms with E-state index in [4.69, 9.17) is 0 Å². The first kappa shape index (κ1) is 18.7. The summed E-state index contributed by atoms with van der Waals surface area (Å²) < 4.78 is 2.24. The molecule has 4 aromatic carbocycles. The number of aryl methyl sites for hydroxylation is 2. The number of aromatic nitrogens is 1. The van der Waals surface area contributed by atoms with E-state index in [2.05, 4.69) is 128 Å². The Bertz CT molecular complexity index is 1490. The first-order valence-electron chi connectivity index (χ1n) is 11.0. The Labute approximate surface area is 189 Å². The van der Waals surface area contributed by atoms with E-state index in [9.17, 15) is 0 Å². The van der Waals surface area contributed by atoms with Gasteiger partial charge in [-0.3, -0.25) is 0 Å². The van der Waals surface area contributed by atoms with Gasteiger partial charge in [-0.25, -0.2) is 0 Å². The van der Waals surface area contributed by atoms with Crippen molar-refractivity contribution in [2.75, 3.05) is 0 Å². The minimum Gasteiger partial charge on any atom is -0.350 e. The summed E-state index contributed by atoms with van der Waals surface area (Å²) in [6.07, 6.45) is 2.28. The van der Waals surface area contributed by atoms with Gasteiger partial charge in [0, 0.05) is 35.3 Å². The van der Waals surface area contributed by atoms with Gasteiger partial charge in [0.15, 0.2) is 0 Å². The van der Waals surface area contributed by atoms with Crippen molar-refractivity contribution in [2.45, 2.75) is 12.3 Å². The number of rotatable bonds is 1. The fourth-order valence-electron chi connectivity index (χ4n) is 5.22. The smallest absolute Gasteiger partial charge is 0.110 e. The zero-order chi connectivity index (χ0) is 21.7. The predicted molar refractivity (Wildman–Crippen MR) is 133 cm³/mol. The second-order valence-electron chi connectivity index (χ2n) is 8.63. The molecule has 5 aromatic rings. The van der Waals surface area contributed by atoms with E-state index in [0.29, 0.717) is 0 Å². The predicted octanol–water partition coefficient (Wildman–Crippen LogP) is 6.85. The molecule has 0 saturated carbocycles. The standard InChI is InChI=1S/C31H23N/c1-22-16-17-30-26(20-22)29(21-32(30)2)31(19-18-23-10-4-3-5-11-23)27-14-8-6-12-24(27)25-13-7-9-15-28(25)31/h3-17,20-21H,1-2H3. The summed E-state index contributed by atoms with van der Waals surface area (Å²) in [6, 6.07) is 34.5. The van der Waals surface area contributed by atoms with Gasteiger partial charge in [0.05, 0.1) is 0 Å². The van der Waals surface area contributed by atoms with Gasteiger partial charge in [-0.1, -0.05) is 90.2 Å². The summed E-state index contributed by atoms with van der Waals surface area (Å²) in [5.41, 5.74) is 9.31. The summed E-state index contributed by atoms with van der Waals surface area (Å²) in [5.74, 6) is 7.34. The van der Waals surface area contributed by atoms with E-state index in [1.807, 2.05) is 6.07 Å². The van der Waals surface area contributed by atoms with Crippen molar-refractivity contribution in [3.05, 3.63) is 131 Å². The highest BCUT2D eigenvalue weighted by Gasteiger charge is 2.45. The molecule has 0 spiro atoms. The summed E-state index contributed by atoms with van der Waals surface area (Å²) in [4.78, 5) is 0. The van der Waals surface area contributed by atoms with E-state index >= 15 is 0 Å². The Morgan fingerprint density at radius 2 is 1.31 bits per heavy atom. The molecule has 0 fully saturated rings. The average Bonchev–Trinajstić information content (AvgIpc) is 3.31. The van der Waals surface area contributed by atoms with Crippen molar-refractivity contribution in [3.8, 4) is 23.0 Å². The summed E-state index contributed by atoms with van der Waals surface area (Å²) in [7, 11) is 2.13. The average molecular weight is 410 g/mol. The Balaban J connectivity index is 1.77. The zero-order valence-corrected chi connectivity index (χ0v) is 18.3. The van der Waals surface area contributed by atoms with Crippen LogP contribution >= 0.6 is 0 Å². The minimum absolute atomic E-state index is 0.531. The molecule has 0 N–H and O–H groups in total. The molecule has 1 aromatic heterocycles. The van der Waals surface area contributed by atoms with Crippen molar-refractivity contribution in [2.24, 2.45) is 7.05 Å². The van der Waals surface area contributed by atoms with Crippen LogP contribution in [0.1, 0.15) is 27.8 Å². The van der Waals surface area contributed by atoms with Crippen LogP contribution in [0.2, 0.25) is 0 Å². The number of fused-ring (bicyclic) bond motifs is 4. The summed E-state index contributed by atoms with van der Waals surface area (Å²) >= 11 is 0. The van der Waals surface area contributed by atoms with Crippen LogP contribution in [0.15, 0.2) is 103 Å². The molecular weight excluding hydrogens is 386 g/mol. The molecule has 1 nitrogen and oxygen atoms in total. The maximum absolute atomic E-state index is 3.80. The lowest BCUT2D eigenvalue weighted by molar-refractivity contribution is 0.831. The molecule has 0 aliphatic heterocycles. The lowest BCUT2D eigenvalue weighted by Crippen LogP contribution is -2.25. The topological polar surface area (TPSA) is 4.93 Å². The Morgan fingerprint density at radius 1 is 0.688 bits per heavy atom. The SMILES string of the molecule is Cc1ccc2c(c1)c(C1(C#Cc3ccccc3)c3ccccc3-c3ccccc31)cn2C. The van der Waals surface area contributed by atoms with Crippen LogP contribution in [0, 0.1) is 18.8 Å². The normalized spacial score (nSPS) is 13.3. The monoisotopic (exact) mass is 409 g/mol. The highest BCUT2D eigenvalue weighted by atomic mass is 14.9. The van der Waals surface area contributed by atoms with Gasteiger partial charge in [-0.05, 0) is 53.4 Å². The molecule has 1 aliphatic rings. The van der Waals surface area contributed by atoms with Crippen molar-refractivity contribution in [3.63, 3.8) is 0 Å². The molecule has 0 amide bonds. The third-order valence-electron chi connectivity index (χ3n) is 6.67. The summed E-state index contributed by atoms with van der Waals surface area (Å²) in [6.45, 7) is 2.16. The number of nitrogens with zero attached hydrogens (tertiary/aromatic N) is 1. The van der Waals surface area contributed by atoms with Crippen LogP contribution < -0.4 is 0 Å². The highest BCUT2D eigenvalue weighted by Crippen LogP contribution is 2.53. The first-order valence-corrected chi connectivity index (χ1v) is 11.0. The molecule has 0 atom stereocenters. The van der Waals surface area contributed by atoms with Crippen molar-refractivity contribution < 1.29 is 0 Å². The molecule has 0 unspecified atom stereocenters. The Kier molecular flexibility index (Phi) is 4.10. The van der Waals surface area contributed by atoms with Crippen LogP contribution in [-0.4, -0.2) is 4.57 Å². The third kappa shape index (κ3) is 2.60. The van der Waals surface area contributed by atoms with Gasteiger partial charge in [0.1, 0.15) is 5.41 Å². The molecule has 6 rings (SSSR count). The minimum atomic E-state index is -0.531. The first-order chi connectivity index (χ1) is 15.7. The number of benzene rings is 4. The summed E-state index contributed by atoms with van der Waals surface area (Å²) in [5, 5.41) is 1.27. The fraction of sp³-hybridized carbons (Fsp3) is 0.0968. The highest BCUT2D eigenvalue weighted by molar-refractivity contribution is 5.93. The van der Waals surface area contributed by atoms with E-state index in [1.165, 1.54) is 44.3 Å². The molecule has 1 heteroatoms. The Morgan fingerprint density at radius 3 is 2.00 bits per heavy atom. The molecule has 152 valence electrons. The van der Waals surface area contributed by atoms with Crippen molar-refractivity contribution >= 4 is 10.9 Å². The van der Waals surface area contributed by atoms with Gasteiger partial charge in [-0.15, -0.1) is 0 Å². The van der Waals surface area contributed by atoms with Crippen LogP contribution in [0.5, 0.6) is 0 Å². The van der Waals surface area contributed by atoms with Crippen molar-refractivity contribution in [1.82, 2.24) is 4.57 Å². The molecule has 0 radical (unpaired) electrons. The molecule has 0 saturated heterocycles. The third-order valence-corrected chi connectivity index (χ3v) is 6.67. The van der Waals surface area contributed by atoms with E-state index in [1.54, 1.807) is 0 Å². The molecule has 0 bridgehead atoms. The second-order valence-corrected chi connectivity index (χ2v) is 8.63. The van der Waals surface area contributed by atoms with Crippen LogP contribution in [-0.2, 0) is 12.5 Å². The van der Waals surface area contributed by atoms with Gasteiger partial charge < -0.3 is 4.57 Å². The van der Waals surface area contributed by atoms with Crippen molar-refractivity contribution in [1.29, 1.82) is 0 Å². The van der Waals surface area contributed by atoms with Gasteiger partial charge in [0.25, 0.3) is 0 Å². The maximum Gasteiger partial charge on any atom is 0.110 e. The van der Waals surface area contributed by atoms with E-state index in [0.717, 1.165) is 5.56 Å². The number of hydrogen-bond acceptors (Lipinski definition) is 0. The zero-order valence-electron chi connectivity index (χ0n) is 18.3. The fourth-order valence-corrected chi connectivity index (χ4v) is 5.22. The van der Waals surface area contributed by atoms with E-state index < -0.39 is 5.41 Å². The lowest BCUT2D eigenvalue weighted by atomic mass is 9.72. The van der Waals surface area contributed by atoms with Crippen LogP contribution in [0.4, 0.5) is 0 Å². The lowest BCUT2D eigenvalue weighted by Gasteiger charge is -2.26.